The normalized spacial score (nSPS) is 16.1. The number of nitrogens with one attached hydrogen (secondary N) is 2. The van der Waals surface area contributed by atoms with Gasteiger partial charge in [-0.2, -0.15) is 9.90 Å². The van der Waals surface area contributed by atoms with Gasteiger partial charge >= 0.3 is 0 Å². The Hall–Kier alpha value is -2.96. The zero-order chi connectivity index (χ0) is 19.1. The molecule has 1 aliphatic carbocycles. The Bertz CT molecular complexity index is 792. The fourth-order valence-electron chi connectivity index (χ4n) is 3.46. The first-order valence-corrected chi connectivity index (χ1v) is 9.32. The third kappa shape index (κ3) is 4.81. The minimum absolute atomic E-state index is 0.207. The molecule has 0 saturated heterocycles. The van der Waals surface area contributed by atoms with E-state index in [9.17, 15) is 9.59 Å². The predicted octanol–water partition coefficient (Wildman–Crippen LogP) is 2.39. The number of para-hydroxylation sites is 1. The number of carbonyl (C=O) groups is 2. The predicted molar refractivity (Wildman–Crippen MR) is 102 cm³/mol. The van der Waals surface area contributed by atoms with Gasteiger partial charge in [0.05, 0.1) is 17.4 Å². The molecule has 2 amide bonds. The average molecular weight is 367 g/mol. The summed E-state index contributed by atoms with van der Waals surface area (Å²) in [5.41, 5.74) is 0.597. The summed E-state index contributed by atoms with van der Waals surface area (Å²) >= 11 is 0. The number of rotatable bonds is 6. The lowest BCUT2D eigenvalue weighted by molar-refractivity contribution is -0.118. The van der Waals surface area contributed by atoms with Gasteiger partial charge in [-0.15, -0.1) is 5.10 Å². The van der Waals surface area contributed by atoms with E-state index in [2.05, 4.69) is 27.4 Å². The SMILES string of the molecule is C=CC(=O)NC1(CNC(=O)c2cnn(-c3ccccc3)n2)CCCCCC1. The maximum Gasteiger partial charge on any atom is 0.273 e. The van der Waals surface area contributed by atoms with Crippen molar-refractivity contribution in [2.45, 2.75) is 44.1 Å². The monoisotopic (exact) mass is 367 g/mol. The van der Waals surface area contributed by atoms with Crippen LogP contribution in [0.15, 0.2) is 49.2 Å². The largest absolute Gasteiger partial charge is 0.348 e. The van der Waals surface area contributed by atoms with E-state index >= 15 is 0 Å². The van der Waals surface area contributed by atoms with Gasteiger partial charge in [-0.1, -0.05) is 50.5 Å². The zero-order valence-electron chi connectivity index (χ0n) is 15.4. The van der Waals surface area contributed by atoms with Crippen molar-refractivity contribution in [2.24, 2.45) is 0 Å². The van der Waals surface area contributed by atoms with Gasteiger partial charge in [-0.3, -0.25) is 9.59 Å². The van der Waals surface area contributed by atoms with Gasteiger partial charge in [0.25, 0.3) is 5.91 Å². The van der Waals surface area contributed by atoms with E-state index in [-0.39, 0.29) is 17.5 Å². The number of aromatic nitrogens is 3. The van der Waals surface area contributed by atoms with Crippen LogP contribution in [-0.4, -0.2) is 38.9 Å². The van der Waals surface area contributed by atoms with Gasteiger partial charge in [-0.25, -0.2) is 0 Å². The molecule has 1 aromatic heterocycles. The van der Waals surface area contributed by atoms with Crippen LogP contribution in [-0.2, 0) is 4.79 Å². The van der Waals surface area contributed by atoms with Crippen LogP contribution < -0.4 is 10.6 Å². The van der Waals surface area contributed by atoms with Crippen LogP contribution >= 0.6 is 0 Å². The van der Waals surface area contributed by atoms with E-state index in [4.69, 9.17) is 0 Å². The lowest BCUT2D eigenvalue weighted by Gasteiger charge is -2.33. The lowest BCUT2D eigenvalue weighted by Crippen LogP contribution is -2.55. The van der Waals surface area contributed by atoms with E-state index < -0.39 is 5.54 Å². The minimum atomic E-state index is -0.438. The molecule has 1 heterocycles. The molecule has 0 spiro atoms. The third-order valence-electron chi connectivity index (χ3n) is 4.93. The summed E-state index contributed by atoms with van der Waals surface area (Å²) < 4.78 is 0. The van der Waals surface area contributed by atoms with Crippen LogP contribution in [0.5, 0.6) is 0 Å². The second kappa shape index (κ2) is 8.62. The van der Waals surface area contributed by atoms with Gasteiger partial charge in [-0.05, 0) is 31.1 Å². The van der Waals surface area contributed by atoms with Gasteiger partial charge in [0.1, 0.15) is 0 Å². The second-order valence-electron chi connectivity index (χ2n) is 6.93. The first-order chi connectivity index (χ1) is 13.1. The third-order valence-corrected chi connectivity index (χ3v) is 4.93. The number of hydrogen-bond donors (Lipinski definition) is 2. The van der Waals surface area contributed by atoms with E-state index in [1.807, 2.05) is 30.3 Å². The molecule has 1 saturated carbocycles. The van der Waals surface area contributed by atoms with Crippen molar-refractivity contribution in [2.75, 3.05) is 6.54 Å². The fourth-order valence-corrected chi connectivity index (χ4v) is 3.46. The highest BCUT2D eigenvalue weighted by Gasteiger charge is 2.32. The summed E-state index contributed by atoms with van der Waals surface area (Å²) in [4.78, 5) is 25.9. The molecule has 142 valence electrons. The lowest BCUT2D eigenvalue weighted by atomic mass is 9.89. The average Bonchev–Trinajstić information content (AvgIpc) is 3.09. The van der Waals surface area contributed by atoms with Crippen LogP contribution in [0, 0.1) is 0 Å². The van der Waals surface area contributed by atoms with Crippen molar-refractivity contribution in [1.29, 1.82) is 0 Å². The van der Waals surface area contributed by atoms with Crippen molar-refractivity contribution < 1.29 is 9.59 Å². The first-order valence-electron chi connectivity index (χ1n) is 9.32. The molecular weight excluding hydrogens is 342 g/mol. The summed E-state index contributed by atoms with van der Waals surface area (Å²) in [5, 5.41) is 14.4. The number of benzene rings is 1. The van der Waals surface area contributed by atoms with Gasteiger partial charge in [0.2, 0.25) is 5.91 Å². The van der Waals surface area contributed by atoms with Crippen LogP contribution in [0.4, 0.5) is 0 Å². The van der Waals surface area contributed by atoms with E-state index in [0.29, 0.717) is 6.54 Å². The molecular formula is C20H25N5O2. The number of amides is 2. The molecule has 2 aromatic rings. The second-order valence-corrected chi connectivity index (χ2v) is 6.93. The number of carbonyl (C=O) groups excluding carboxylic acids is 2. The highest BCUT2D eigenvalue weighted by atomic mass is 16.2. The van der Waals surface area contributed by atoms with E-state index in [0.717, 1.165) is 44.2 Å². The maximum absolute atomic E-state index is 12.6. The van der Waals surface area contributed by atoms with Gasteiger partial charge in [0.15, 0.2) is 5.69 Å². The molecule has 1 fully saturated rings. The first kappa shape index (κ1) is 18.8. The standard InChI is InChI=1S/C20H25N5O2/c1-2-18(26)23-20(12-8-3-4-9-13-20)15-21-19(27)17-14-22-25(24-17)16-10-6-5-7-11-16/h2,5-7,10-11,14H,1,3-4,8-9,12-13,15H2,(H,21,27)(H,23,26). The summed E-state index contributed by atoms with van der Waals surface area (Å²) in [5.74, 6) is -0.505. The summed E-state index contributed by atoms with van der Waals surface area (Å²) in [6.07, 6.45) is 8.74. The molecule has 0 unspecified atom stereocenters. The van der Waals surface area contributed by atoms with Crippen molar-refractivity contribution in [3.8, 4) is 5.69 Å². The van der Waals surface area contributed by atoms with E-state index in [1.165, 1.54) is 17.1 Å². The topological polar surface area (TPSA) is 88.9 Å². The fraction of sp³-hybridized carbons (Fsp3) is 0.400. The van der Waals surface area contributed by atoms with E-state index in [1.54, 1.807) is 0 Å². The smallest absolute Gasteiger partial charge is 0.273 e. The Balaban J connectivity index is 1.68. The van der Waals surface area contributed by atoms with Crippen molar-refractivity contribution in [1.82, 2.24) is 25.6 Å². The molecule has 1 aliphatic rings. The van der Waals surface area contributed by atoms with Crippen molar-refractivity contribution in [3.05, 3.63) is 54.9 Å². The summed E-state index contributed by atoms with van der Waals surface area (Å²) in [6, 6.07) is 9.41. The molecule has 0 radical (unpaired) electrons. The maximum atomic E-state index is 12.6. The summed E-state index contributed by atoms with van der Waals surface area (Å²) in [7, 11) is 0. The molecule has 27 heavy (non-hydrogen) atoms. The quantitative estimate of drug-likeness (QED) is 0.606. The molecule has 3 rings (SSSR count). The molecule has 7 nitrogen and oxygen atoms in total. The molecule has 7 heteroatoms. The Morgan fingerprint density at radius 3 is 2.52 bits per heavy atom. The molecule has 0 bridgehead atoms. The van der Waals surface area contributed by atoms with Crippen molar-refractivity contribution >= 4 is 11.8 Å². The Labute approximate surface area is 158 Å². The zero-order valence-corrected chi connectivity index (χ0v) is 15.4. The van der Waals surface area contributed by atoms with Crippen molar-refractivity contribution in [3.63, 3.8) is 0 Å². The molecule has 1 aromatic carbocycles. The van der Waals surface area contributed by atoms with Gasteiger partial charge < -0.3 is 10.6 Å². The van der Waals surface area contributed by atoms with Crippen LogP contribution in [0.25, 0.3) is 5.69 Å². The summed E-state index contributed by atoms with van der Waals surface area (Å²) in [6.45, 7) is 3.90. The minimum Gasteiger partial charge on any atom is -0.348 e. The Morgan fingerprint density at radius 2 is 1.85 bits per heavy atom. The van der Waals surface area contributed by atoms with Gasteiger partial charge in [0, 0.05) is 6.54 Å². The molecule has 2 N–H and O–H groups in total. The Morgan fingerprint density at radius 1 is 1.15 bits per heavy atom. The van der Waals surface area contributed by atoms with Crippen LogP contribution in [0.2, 0.25) is 0 Å². The molecule has 0 aliphatic heterocycles. The van der Waals surface area contributed by atoms with Crippen LogP contribution in [0.3, 0.4) is 0 Å². The highest BCUT2D eigenvalue weighted by Crippen LogP contribution is 2.27. The molecule has 0 atom stereocenters. The highest BCUT2D eigenvalue weighted by molar-refractivity contribution is 5.92. The number of hydrogen-bond acceptors (Lipinski definition) is 4. The number of nitrogens with zero attached hydrogens (tertiary/aromatic N) is 3. The Kier molecular flexibility index (Phi) is 6.01. The van der Waals surface area contributed by atoms with Crippen LogP contribution in [0.1, 0.15) is 49.0 Å².